The fourth-order valence-corrected chi connectivity index (χ4v) is 4.37. The van der Waals surface area contributed by atoms with E-state index in [1.807, 2.05) is 0 Å². The molecule has 0 fully saturated rings. The van der Waals surface area contributed by atoms with Gasteiger partial charge in [0.2, 0.25) is 0 Å². The second-order valence-electron chi connectivity index (χ2n) is 7.34. The van der Waals surface area contributed by atoms with Crippen LogP contribution in [0, 0.1) is 0 Å². The molecule has 0 heterocycles. The molecule has 2 aromatic carbocycles. The number of benzene rings is 2. The molecule has 0 bridgehead atoms. The van der Waals surface area contributed by atoms with Crippen LogP contribution in [0.5, 0.6) is 0 Å². The second-order valence-corrected chi connectivity index (χ2v) is 7.34. The standard InChI is InChI=1S/C23H30/c1-5-8-17-10-12-19-20-13-11-18(9-6-2)16-22(20)23(4,14-7-3)21(19)15-17/h10-13,15-16H,5-9,14H2,1-4H3. The lowest BCUT2D eigenvalue weighted by Crippen LogP contribution is -2.20. The van der Waals surface area contributed by atoms with Crippen molar-refractivity contribution in [1.82, 2.24) is 0 Å². The van der Waals surface area contributed by atoms with Gasteiger partial charge in [-0.2, -0.15) is 0 Å². The largest absolute Gasteiger partial charge is 0.0653 e. The van der Waals surface area contributed by atoms with Crippen molar-refractivity contribution in [2.24, 2.45) is 0 Å². The molecule has 0 unspecified atom stereocenters. The Hall–Kier alpha value is -1.56. The Kier molecular flexibility index (Phi) is 4.62. The number of hydrogen-bond donors (Lipinski definition) is 0. The summed E-state index contributed by atoms with van der Waals surface area (Å²) in [5.41, 5.74) is 9.25. The molecule has 0 atom stereocenters. The Balaban J connectivity index is 2.16. The lowest BCUT2D eigenvalue weighted by Gasteiger charge is -2.28. The summed E-state index contributed by atoms with van der Waals surface area (Å²) in [7, 11) is 0. The zero-order valence-electron chi connectivity index (χ0n) is 15.2. The molecule has 0 radical (unpaired) electrons. The van der Waals surface area contributed by atoms with Gasteiger partial charge in [-0.1, -0.05) is 83.4 Å². The lowest BCUT2D eigenvalue weighted by atomic mass is 9.75. The molecule has 0 amide bonds. The Morgan fingerprint density at radius 2 is 1.17 bits per heavy atom. The highest BCUT2D eigenvalue weighted by molar-refractivity contribution is 5.81. The van der Waals surface area contributed by atoms with Crippen molar-refractivity contribution in [3.8, 4) is 11.1 Å². The quantitative estimate of drug-likeness (QED) is 0.558. The van der Waals surface area contributed by atoms with E-state index >= 15 is 0 Å². The van der Waals surface area contributed by atoms with Crippen LogP contribution in [0.4, 0.5) is 0 Å². The van der Waals surface area contributed by atoms with Gasteiger partial charge in [0.1, 0.15) is 0 Å². The van der Waals surface area contributed by atoms with Crippen molar-refractivity contribution in [1.29, 1.82) is 0 Å². The average Bonchev–Trinajstić information content (AvgIpc) is 2.78. The summed E-state index contributed by atoms with van der Waals surface area (Å²) >= 11 is 0. The minimum Gasteiger partial charge on any atom is -0.0653 e. The van der Waals surface area contributed by atoms with Crippen molar-refractivity contribution < 1.29 is 0 Å². The Morgan fingerprint density at radius 3 is 1.57 bits per heavy atom. The van der Waals surface area contributed by atoms with Gasteiger partial charge >= 0.3 is 0 Å². The SMILES string of the molecule is CCCc1ccc2c(c1)C(C)(CCC)c1cc(CCC)ccc1-2. The molecule has 0 spiro atoms. The third-order valence-corrected chi connectivity index (χ3v) is 5.47. The van der Waals surface area contributed by atoms with Crippen molar-refractivity contribution in [2.45, 2.75) is 71.6 Å². The van der Waals surface area contributed by atoms with E-state index < -0.39 is 0 Å². The molecule has 1 aliphatic carbocycles. The van der Waals surface area contributed by atoms with Crippen LogP contribution in [0.1, 0.15) is 75.6 Å². The molecule has 122 valence electrons. The van der Waals surface area contributed by atoms with E-state index in [1.54, 1.807) is 11.1 Å². The van der Waals surface area contributed by atoms with Crippen LogP contribution in [0.25, 0.3) is 11.1 Å². The fourth-order valence-electron chi connectivity index (χ4n) is 4.37. The zero-order chi connectivity index (χ0) is 16.4. The summed E-state index contributed by atoms with van der Waals surface area (Å²) in [5, 5.41) is 0. The minimum absolute atomic E-state index is 0.187. The predicted octanol–water partition coefficient (Wildman–Crippen LogP) is 6.68. The van der Waals surface area contributed by atoms with Crippen LogP contribution >= 0.6 is 0 Å². The Bertz CT molecular complexity index is 638. The van der Waals surface area contributed by atoms with Gasteiger partial charge in [-0.25, -0.2) is 0 Å². The van der Waals surface area contributed by atoms with E-state index in [9.17, 15) is 0 Å². The maximum absolute atomic E-state index is 2.49. The highest BCUT2D eigenvalue weighted by Gasteiger charge is 2.38. The smallest absolute Gasteiger partial charge is 0.0187 e. The summed E-state index contributed by atoms with van der Waals surface area (Å²) in [4.78, 5) is 0. The highest BCUT2D eigenvalue weighted by Crippen LogP contribution is 2.51. The number of rotatable bonds is 6. The van der Waals surface area contributed by atoms with Gasteiger partial charge in [0, 0.05) is 5.41 Å². The van der Waals surface area contributed by atoms with E-state index in [0.29, 0.717) is 0 Å². The van der Waals surface area contributed by atoms with Crippen molar-refractivity contribution in [2.75, 3.05) is 0 Å². The summed E-state index contributed by atoms with van der Waals surface area (Å²) < 4.78 is 0. The first-order valence-corrected chi connectivity index (χ1v) is 9.41. The topological polar surface area (TPSA) is 0 Å². The maximum Gasteiger partial charge on any atom is 0.0187 e. The van der Waals surface area contributed by atoms with E-state index in [4.69, 9.17) is 0 Å². The third-order valence-electron chi connectivity index (χ3n) is 5.47. The van der Waals surface area contributed by atoms with E-state index in [0.717, 1.165) is 0 Å². The average molecular weight is 306 g/mol. The van der Waals surface area contributed by atoms with Gasteiger partial charge in [0.15, 0.2) is 0 Å². The van der Waals surface area contributed by atoms with Crippen LogP contribution in [-0.4, -0.2) is 0 Å². The molecule has 0 aromatic heterocycles. The van der Waals surface area contributed by atoms with E-state index in [1.165, 1.54) is 60.8 Å². The first-order valence-electron chi connectivity index (χ1n) is 9.41. The molecule has 1 aliphatic rings. The van der Waals surface area contributed by atoms with Crippen LogP contribution in [0.15, 0.2) is 36.4 Å². The fraction of sp³-hybridized carbons (Fsp3) is 0.478. The van der Waals surface area contributed by atoms with Gasteiger partial charge in [-0.05, 0) is 52.6 Å². The molecule has 23 heavy (non-hydrogen) atoms. The predicted molar refractivity (Wildman–Crippen MR) is 101 cm³/mol. The summed E-state index contributed by atoms with van der Waals surface area (Å²) in [6.45, 7) is 9.32. The third kappa shape index (κ3) is 2.73. The van der Waals surface area contributed by atoms with Gasteiger partial charge in [0.05, 0.1) is 0 Å². The van der Waals surface area contributed by atoms with Crippen LogP contribution in [-0.2, 0) is 18.3 Å². The van der Waals surface area contributed by atoms with Crippen LogP contribution in [0.3, 0.4) is 0 Å². The molecule has 0 nitrogen and oxygen atoms in total. The van der Waals surface area contributed by atoms with Crippen LogP contribution in [0.2, 0.25) is 0 Å². The van der Waals surface area contributed by atoms with Gasteiger partial charge < -0.3 is 0 Å². The number of fused-ring (bicyclic) bond motifs is 3. The van der Waals surface area contributed by atoms with E-state index in [-0.39, 0.29) is 5.41 Å². The first-order chi connectivity index (χ1) is 11.1. The maximum atomic E-state index is 2.49. The highest BCUT2D eigenvalue weighted by atomic mass is 14.4. The molecule has 2 aromatic rings. The number of hydrogen-bond acceptors (Lipinski definition) is 0. The van der Waals surface area contributed by atoms with E-state index in [2.05, 4.69) is 64.1 Å². The molecule has 0 aliphatic heterocycles. The molecular formula is C23H30. The number of aryl methyl sites for hydroxylation is 2. The zero-order valence-corrected chi connectivity index (χ0v) is 15.2. The van der Waals surface area contributed by atoms with Gasteiger partial charge in [0.25, 0.3) is 0 Å². The van der Waals surface area contributed by atoms with Crippen molar-refractivity contribution in [3.63, 3.8) is 0 Å². The normalized spacial score (nSPS) is 14.6. The molecule has 0 heteroatoms. The first kappa shape index (κ1) is 16.3. The van der Waals surface area contributed by atoms with Crippen molar-refractivity contribution >= 4 is 0 Å². The monoisotopic (exact) mass is 306 g/mol. The minimum atomic E-state index is 0.187. The van der Waals surface area contributed by atoms with Gasteiger partial charge in [-0.3, -0.25) is 0 Å². The molecular weight excluding hydrogens is 276 g/mol. The summed E-state index contributed by atoms with van der Waals surface area (Å²) in [5.74, 6) is 0. The van der Waals surface area contributed by atoms with Crippen LogP contribution < -0.4 is 0 Å². The Labute approximate surface area is 141 Å². The molecule has 0 saturated heterocycles. The summed E-state index contributed by atoms with van der Waals surface area (Å²) in [6.07, 6.45) is 7.27. The Morgan fingerprint density at radius 1 is 0.696 bits per heavy atom. The molecule has 3 rings (SSSR count). The van der Waals surface area contributed by atoms with Crippen molar-refractivity contribution in [3.05, 3.63) is 58.7 Å². The second kappa shape index (κ2) is 6.51. The molecule has 0 N–H and O–H groups in total. The lowest BCUT2D eigenvalue weighted by molar-refractivity contribution is 0.523. The molecule has 0 saturated carbocycles. The summed E-state index contributed by atoms with van der Waals surface area (Å²) in [6, 6.07) is 14.4. The van der Waals surface area contributed by atoms with Gasteiger partial charge in [-0.15, -0.1) is 0 Å².